The average molecular weight is 193 g/mol. The fourth-order valence-corrected chi connectivity index (χ4v) is 1.74. The van der Waals surface area contributed by atoms with Gasteiger partial charge in [-0.3, -0.25) is 0 Å². The molecule has 0 fully saturated rings. The lowest BCUT2D eigenvalue weighted by Gasteiger charge is -2.04. The summed E-state index contributed by atoms with van der Waals surface area (Å²) < 4.78 is 5.61. The molecule has 0 spiro atoms. The summed E-state index contributed by atoms with van der Waals surface area (Å²) in [5, 5.41) is 0. The Bertz CT molecular complexity index is 325. The third-order valence-electron chi connectivity index (χ3n) is 2.38. The molecule has 0 aromatic heterocycles. The summed E-state index contributed by atoms with van der Waals surface area (Å²) in [6.45, 7) is 2.82. The highest BCUT2D eigenvalue weighted by molar-refractivity contribution is 5.40. The Labute approximate surface area is 84.0 Å². The molecule has 0 bridgehead atoms. The third-order valence-corrected chi connectivity index (χ3v) is 2.38. The van der Waals surface area contributed by atoms with Crippen molar-refractivity contribution in [2.75, 3.05) is 7.11 Å². The van der Waals surface area contributed by atoms with Gasteiger partial charge in [-0.05, 0) is 24.1 Å². The van der Waals surface area contributed by atoms with E-state index in [-0.39, 0.29) is 0 Å². The summed E-state index contributed by atoms with van der Waals surface area (Å²) >= 11 is 0. The molecule has 0 saturated carbocycles. The van der Waals surface area contributed by atoms with Crippen LogP contribution in [0.2, 0.25) is 0 Å². The second-order valence-electron chi connectivity index (χ2n) is 3.60. The normalized spacial score (nSPS) is 19.1. The number of rotatable bonds is 3. The molecule has 1 atom stereocenters. The Morgan fingerprint density at radius 2 is 2.43 bits per heavy atom. The van der Waals surface area contributed by atoms with Crippen LogP contribution in [0.3, 0.4) is 0 Å². The Kier molecular flexibility index (Phi) is 2.70. The smallest absolute Gasteiger partial charge is 0.123 e. The standard InChI is InChI=1S/C11H15NO2/c1-8-5-10-6-9(7-12-13-2)3-4-11(10)14-8/h3-4,6,8,12H,5,7H2,1-2H3. The van der Waals surface area contributed by atoms with Crippen molar-refractivity contribution in [2.45, 2.75) is 26.0 Å². The summed E-state index contributed by atoms with van der Waals surface area (Å²) in [7, 11) is 1.62. The van der Waals surface area contributed by atoms with E-state index in [1.54, 1.807) is 7.11 Å². The molecule has 1 N–H and O–H groups in total. The van der Waals surface area contributed by atoms with Gasteiger partial charge in [0.1, 0.15) is 11.9 Å². The van der Waals surface area contributed by atoms with Gasteiger partial charge in [0.05, 0.1) is 7.11 Å². The van der Waals surface area contributed by atoms with Gasteiger partial charge >= 0.3 is 0 Å². The molecule has 0 aliphatic carbocycles. The van der Waals surface area contributed by atoms with Crippen molar-refractivity contribution >= 4 is 0 Å². The zero-order valence-electron chi connectivity index (χ0n) is 8.54. The maximum atomic E-state index is 5.61. The van der Waals surface area contributed by atoms with Crippen molar-refractivity contribution in [3.63, 3.8) is 0 Å². The minimum absolute atomic E-state index is 0.315. The molecule has 1 aliphatic heterocycles. The van der Waals surface area contributed by atoms with Crippen LogP contribution < -0.4 is 10.2 Å². The fraction of sp³-hybridized carbons (Fsp3) is 0.455. The van der Waals surface area contributed by atoms with Gasteiger partial charge in [0, 0.05) is 13.0 Å². The van der Waals surface area contributed by atoms with Gasteiger partial charge in [0.15, 0.2) is 0 Å². The van der Waals surface area contributed by atoms with E-state index in [9.17, 15) is 0 Å². The highest BCUT2D eigenvalue weighted by Gasteiger charge is 2.18. The molecule has 0 saturated heterocycles. The van der Waals surface area contributed by atoms with Crippen LogP contribution >= 0.6 is 0 Å². The fourth-order valence-electron chi connectivity index (χ4n) is 1.74. The van der Waals surface area contributed by atoms with Crippen LogP contribution in [0.5, 0.6) is 5.75 Å². The van der Waals surface area contributed by atoms with E-state index in [0.717, 1.165) is 18.7 Å². The number of hydrogen-bond acceptors (Lipinski definition) is 3. The number of fused-ring (bicyclic) bond motifs is 1. The van der Waals surface area contributed by atoms with Gasteiger partial charge in [0.25, 0.3) is 0 Å². The molecule has 76 valence electrons. The number of nitrogens with one attached hydrogen (secondary N) is 1. The molecule has 0 amide bonds. The van der Waals surface area contributed by atoms with Crippen molar-refractivity contribution < 1.29 is 9.57 Å². The van der Waals surface area contributed by atoms with E-state index in [1.165, 1.54) is 11.1 Å². The largest absolute Gasteiger partial charge is 0.490 e. The van der Waals surface area contributed by atoms with E-state index in [1.807, 2.05) is 6.07 Å². The monoisotopic (exact) mass is 193 g/mol. The Balaban J connectivity index is 2.12. The summed E-state index contributed by atoms with van der Waals surface area (Å²) in [5.41, 5.74) is 5.35. The lowest BCUT2D eigenvalue weighted by Crippen LogP contribution is -2.10. The molecule has 0 radical (unpaired) electrons. The first-order valence-corrected chi connectivity index (χ1v) is 4.84. The minimum Gasteiger partial charge on any atom is -0.490 e. The maximum absolute atomic E-state index is 5.61. The van der Waals surface area contributed by atoms with Crippen LogP contribution in [0.15, 0.2) is 18.2 Å². The summed E-state index contributed by atoms with van der Waals surface area (Å²) in [4.78, 5) is 4.81. The van der Waals surface area contributed by atoms with Crippen molar-refractivity contribution in [3.8, 4) is 5.75 Å². The molecule has 3 nitrogen and oxygen atoms in total. The Morgan fingerprint density at radius 3 is 3.21 bits per heavy atom. The van der Waals surface area contributed by atoms with Gasteiger partial charge in [-0.25, -0.2) is 0 Å². The van der Waals surface area contributed by atoms with E-state index in [2.05, 4.69) is 24.5 Å². The van der Waals surface area contributed by atoms with Crippen molar-refractivity contribution in [1.82, 2.24) is 5.48 Å². The summed E-state index contributed by atoms with van der Waals surface area (Å²) in [6.07, 6.45) is 1.33. The molecule has 1 aliphatic rings. The van der Waals surface area contributed by atoms with Crippen molar-refractivity contribution in [1.29, 1.82) is 0 Å². The topological polar surface area (TPSA) is 30.5 Å². The zero-order valence-corrected chi connectivity index (χ0v) is 8.54. The number of hydroxylamine groups is 1. The highest BCUT2D eigenvalue weighted by Crippen LogP contribution is 2.29. The second kappa shape index (κ2) is 3.98. The number of ether oxygens (including phenoxy) is 1. The molecule has 2 rings (SSSR count). The van der Waals surface area contributed by atoms with E-state index in [0.29, 0.717) is 6.10 Å². The van der Waals surface area contributed by atoms with Crippen LogP contribution in [0, 0.1) is 0 Å². The first-order valence-electron chi connectivity index (χ1n) is 4.84. The summed E-state index contributed by atoms with van der Waals surface area (Å²) in [6, 6.07) is 6.26. The molecule has 1 aromatic rings. The van der Waals surface area contributed by atoms with Gasteiger partial charge in [-0.15, -0.1) is 0 Å². The molecule has 1 aromatic carbocycles. The molecule has 3 heteroatoms. The quantitative estimate of drug-likeness (QED) is 0.740. The first-order chi connectivity index (χ1) is 6.79. The lowest BCUT2D eigenvalue weighted by molar-refractivity contribution is 0.0867. The van der Waals surface area contributed by atoms with Gasteiger partial charge in [-0.2, -0.15) is 5.48 Å². The average Bonchev–Trinajstić information content (AvgIpc) is 2.54. The van der Waals surface area contributed by atoms with E-state index in [4.69, 9.17) is 9.57 Å². The SMILES string of the molecule is CONCc1ccc2c(c1)CC(C)O2. The molecular formula is C11H15NO2. The van der Waals surface area contributed by atoms with Crippen molar-refractivity contribution in [3.05, 3.63) is 29.3 Å². The highest BCUT2D eigenvalue weighted by atomic mass is 16.6. The summed E-state index contributed by atoms with van der Waals surface area (Å²) in [5.74, 6) is 1.03. The second-order valence-corrected chi connectivity index (χ2v) is 3.60. The van der Waals surface area contributed by atoms with Crippen LogP contribution in [0.4, 0.5) is 0 Å². The zero-order chi connectivity index (χ0) is 9.97. The Hall–Kier alpha value is -1.06. The minimum atomic E-state index is 0.315. The molecule has 1 unspecified atom stereocenters. The van der Waals surface area contributed by atoms with Gasteiger partial charge < -0.3 is 9.57 Å². The lowest BCUT2D eigenvalue weighted by atomic mass is 10.1. The molecule has 14 heavy (non-hydrogen) atoms. The van der Waals surface area contributed by atoms with E-state index >= 15 is 0 Å². The van der Waals surface area contributed by atoms with Crippen LogP contribution in [-0.2, 0) is 17.8 Å². The predicted molar refractivity (Wildman–Crippen MR) is 54.1 cm³/mol. The van der Waals surface area contributed by atoms with Crippen LogP contribution in [-0.4, -0.2) is 13.2 Å². The van der Waals surface area contributed by atoms with Crippen molar-refractivity contribution in [2.24, 2.45) is 0 Å². The van der Waals surface area contributed by atoms with E-state index < -0.39 is 0 Å². The Morgan fingerprint density at radius 1 is 1.57 bits per heavy atom. The predicted octanol–water partition coefficient (Wildman–Crippen LogP) is 1.66. The van der Waals surface area contributed by atoms with Crippen LogP contribution in [0.1, 0.15) is 18.1 Å². The van der Waals surface area contributed by atoms with Gasteiger partial charge in [0.2, 0.25) is 0 Å². The number of hydrogen-bond donors (Lipinski definition) is 1. The number of benzene rings is 1. The first kappa shape index (κ1) is 9.49. The molecular weight excluding hydrogens is 178 g/mol. The van der Waals surface area contributed by atoms with Crippen LogP contribution in [0.25, 0.3) is 0 Å². The maximum Gasteiger partial charge on any atom is 0.123 e. The third kappa shape index (κ3) is 1.89. The molecule has 1 heterocycles. The van der Waals surface area contributed by atoms with Gasteiger partial charge in [-0.1, -0.05) is 12.1 Å².